The van der Waals surface area contributed by atoms with E-state index in [1.807, 2.05) is 0 Å². The molecule has 0 saturated carbocycles. The van der Waals surface area contributed by atoms with Crippen LogP contribution in [0.25, 0.3) is 0 Å². The van der Waals surface area contributed by atoms with Crippen molar-refractivity contribution in [1.82, 2.24) is 5.32 Å². The molecule has 1 amide bonds. The monoisotopic (exact) mass is 378 g/mol. The highest BCUT2D eigenvalue weighted by atomic mass is 19.4. The maximum atomic E-state index is 12.6. The van der Waals surface area contributed by atoms with Gasteiger partial charge in [0.2, 0.25) is 0 Å². The van der Waals surface area contributed by atoms with Gasteiger partial charge in [-0.25, -0.2) is 0 Å². The average Bonchev–Trinajstić information content (AvgIpc) is 2.64. The zero-order valence-electron chi connectivity index (χ0n) is 14.0. The molecule has 9 heteroatoms. The first kappa shape index (κ1) is 19.8. The second kappa shape index (κ2) is 8.23. The number of amides is 1. The summed E-state index contributed by atoms with van der Waals surface area (Å²) in [5.74, 6) is 4.53. The van der Waals surface area contributed by atoms with E-state index in [0.717, 1.165) is 18.2 Å². The van der Waals surface area contributed by atoms with E-state index in [1.54, 1.807) is 0 Å². The first-order valence-corrected chi connectivity index (χ1v) is 7.49. The molecule has 0 radical (unpaired) electrons. The molecule has 2 aromatic carbocycles. The summed E-state index contributed by atoms with van der Waals surface area (Å²) in [6.07, 6.45) is -4.47. The molecule has 0 bridgehead atoms. The molecule has 0 aliphatic rings. The lowest BCUT2D eigenvalue weighted by Gasteiger charge is -2.07. The Balaban J connectivity index is 2.09. The molecule has 0 aromatic heterocycles. The van der Waals surface area contributed by atoms with Crippen LogP contribution in [0, 0.1) is 22.0 Å². The topological polar surface area (TPSA) is 81.5 Å². The van der Waals surface area contributed by atoms with E-state index < -0.39 is 22.6 Å². The molecular formula is C18H13F3N2O4. The van der Waals surface area contributed by atoms with Gasteiger partial charge in [-0.1, -0.05) is 17.9 Å². The van der Waals surface area contributed by atoms with E-state index in [-0.39, 0.29) is 29.1 Å². The number of nitro groups is 1. The molecule has 2 rings (SSSR count). The van der Waals surface area contributed by atoms with Crippen molar-refractivity contribution in [3.63, 3.8) is 0 Å². The number of alkyl halides is 3. The van der Waals surface area contributed by atoms with E-state index in [1.165, 1.54) is 31.4 Å². The van der Waals surface area contributed by atoms with Crippen LogP contribution in [0.4, 0.5) is 18.9 Å². The average molecular weight is 378 g/mol. The van der Waals surface area contributed by atoms with Gasteiger partial charge in [0.05, 0.1) is 29.7 Å². The van der Waals surface area contributed by atoms with Gasteiger partial charge in [0.25, 0.3) is 11.6 Å². The van der Waals surface area contributed by atoms with Crippen molar-refractivity contribution in [2.24, 2.45) is 0 Å². The molecule has 6 nitrogen and oxygen atoms in total. The minimum Gasteiger partial charge on any atom is -0.496 e. The van der Waals surface area contributed by atoms with Crippen molar-refractivity contribution in [2.75, 3.05) is 13.7 Å². The summed E-state index contributed by atoms with van der Waals surface area (Å²) in [6.45, 7) is -0.166. The Bertz CT molecular complexity index is 930. The predicted octanol–water partition coefficient (Wildman–Crippen LogP) is 3.40. The molecule has 0 saturated heterocycles. The van der Waals surface area contributed by atoms with E-state index >= 15 is 0 Å². The van der Waals surface area contributed by atoms with Gasteiger partial charge in [-0.3, -0.25) is 14.9 Å². The molecule has 0 fully saturated rings. The van der Waals surface area contributed by atoms with Crippen molar-refractivity contribution in [3.8, 4) is 17.6 Å². The smallest absolute Gasteiger partial charge is 0.416 e. The lowest BCUT2D eigenvalue weighted by atomic mass is 10.1. The van der Waals surface area contributed by atoms with Crippen LogP contribution >= 0.6 is 0 Å². The van der Waals surface area contributed by atoms with Crippen molar-refractivity contribution in [2.45, 2.75) is 6.18 Å². The second-order valence-electron chi connectivity index (χ2n) is 5.20. The van der Waals surface area contributed by atoms with Crippen molar-refractivity contribution < 1.29 is 27.6 Å². The van der Waals surface area contributed by atoms with Gasteiger partial charge in [-0.15, -0.1) is 0 Å². The van der Waals surface area contributed by atoms with E-state index in [2.05, 4.69) is 17.2 Å². The number of halogens is 3. The summed E-state index contributed by atoms with van der Waals surface area (Å²) < 4.78 is 42.9. The molecule has 27 heavy (non-hydrogen) atoms. The van der Waals surface area contributed by atoms with E-state index in [0.29, 0.717) is 0 Å². The minimum absolute atomic E-state index is 0.0485. The fourth-order valence-electron chi connectivity index (χ4n) is 2.13. The van der Waals surface area contributed by atoms with Gasteiger partial charge in [0.1, 0.15) is 5.75 Å². The summed E-state index contributed by atoms with van der Waals surface area (Å²) in [7, 11) is 1.31. The Kier molecular flexibility index (Phi) is 6.03. The number of nitrogens with zero attached hydrogens (tertiary/aromatic N) is 1. The number of ether oxygens (including phenoxy) is 1. The van der Waals surface area contributed by atoms with Crippen LogP contribution < -0.4 is 10.1 Å². The third-order valence-electron chi connectivity index (χ3n) is 3.40. The highest BCUT2D eigenvalue weighted by Gasteiger charge is 2.30. The van der Waals surface area contributed by atoms with Gasteiger partial charge in [-0.05, 0) is 24.3 Å². The number of benzene rings is 2. The number of carbonyl (C=O) groups excluding carboxylic acids is 1. The maximum Gasteiger partial charge on any atom is 0.416 e. The number of non-ortho nitro benzene ring substituents is 1. The molecule has 0 heterocycles. The zero-order valence-corrected chi connectivity index (χ0v) is 14.0. The standard InChI is InChI=1S/C18H13F3N2O4/c1-27-16-8-7-14(23(25)26)11-15(16)17(24)22-9-3-5-12-4-2-6-13(10-12)18(19,20)21/h2,4,6-8,10-11H,9H2,1H3,(H,22,24). The first-order valence-electron chi connectivity index (χ1n) is 7.49. The third-order valence-corrected chi connectivity index (χ3v) is 3.40. The quantitative estimate of drug-likeness (QED) is 0.502. The molecule has 1 N–H and O–H groups in total. The van der Waals surface area contributed by atoms with Gasteiger partial charge in [0.15, 0.2) is 0 Å². The molecular weight excluding hydrogens is 365 g/mol. The second-order valence-corrected chi connectivity index (χ2v) is 5.20. The van der Waals surface area contributed by atoms with Crippen LogP contribution in [0.5, 0.6) is 5.75 Å². The van der Waals surface area contributed by atoms with Crippen LogP contribution in [0.3, 0.4) is 0 Å². The maximum absolute atomic E-state index is 12.6. The highest BCUT2D eigenvalue weighted by Crippen LogP contribution is 2.29. The van der Waals surface area contributed by atoms with Crippen LogP contribution in [-0.2, 0) is 6.18 Å². The SMILES string of the molecule is COc1ccc([N+](=O)[O-])cc1C(=O)NCC#Cc1cccc(C(F)(F)F)c1. The molecule has 0 unspecified atom stereocenters. The third kappa shape index (κ3) is 5.22. The van der Waals surface area contributed by atoms with Gasteiger partial charge < -0.3 is 10.1 Å². The van der Waals surface area contributed by atoms with Crippen LogP contribution in [0.2, 0.25) is 0 Å². The van der Waals surface area contributed by atoms with E-state index in [4.69, 9.17) is 4.74 Å². The Morgan fingerprint density at radius 3 is 2.63 bits per heavy atom. The molecule has 0 spiro atoms. The predicted molar refractivity (Wildman–Crippen MR) is 90.3 cm³/mol. The fourth-order valence-corrected chi connectivity index (χ4v) is 2.13. The highest BCUT2D eigenvalue weighted by molar-refractivity contribution is 5.97. The van der Waals surface area contributed by atoms with Crippen LogP contribution in [0.15, 0.2) is 42.5 Å². The summed E-state index contributed by atoms with van der Waals surface area (Å²) in [5.41, 5.74) is -1.00. The number of nitro benzene ring substituents is 1. The Morgan fingerprint density at radius 2 is 2.00 bits per heavy atom. The number of hydrogen-bond donors (Lipinski definition) is 1. The molecule has 0 atom stereocenters. The Labute approximate surface area is 152 Å². The number of nitrogens with one attached hydrogen (secondary N) is 1. The van der Waals surface area contributed by atoms with Gasteiger partial charge in [-0.2, -0.15) is 13.2 Å². The molecule has 0 aliphatic carbocycles. The summed E-state index contributed by atoms with van der Waals surface area (Å²) >= 11 is 0. The Hall–Kier alpha value is -3.54. The lowest BCUT2D eigenvalue weighted by molar-refractivity contribution is -0.384. The Morgan fingerprint density at radius 1 is 1.26 bits per heavy atom. The number of rotatable bonds is 4. The van der Waals surface area contributed by atoms with Gasteiger partial charge >= 0.3 is 6.18 Å². The lowest BCUT2D eigenvalue weighted by Crippen LogP contribution is -2.24. The van der Waals surface area contributed by atoms with Crippen molar-refractivity contribution in [3.05, 3.63) is 69.3 Å². The number of hydrogen-bond acceptors (Lipinski definition) is 4. The van der Waals surface area contributed by atoms with Gasteiger partial charge in [0, 0.05) is 17.7 Å². The van der Waals surface area contributed by atoms with Crippen LogP contribution in [-0.4, -0.2) is 24.5 Å². The summed E-state index contributed by atoms with van der Waals surface area (Å²) in [5, 5.41) is 13.2. The van der Waals surface area contributed by atoms with Crippen molar-refractivity contribution in [1.29, 1.82) is 0 Å². The fraction of sp³-hybridized carbons (Fsp3) is 0.167. The zero-order chi connectivity index (χ0) is 20.0. The number of carbonyl (C=O) groups is 1. The summed E-state index contributed by atoms with van der Waals surface area (Å²) in [4.78, 5) is 22.3. The first-order chi connectivity index (χ1) is 12.7. The normalized spacial score (nSPS) is 10.5. The minimum atomic E-state index is -4.47. The molecule has 0 aliphatic heterocycles. The van der Waals surface area contributed by atoms with Crippen molar-refractivity contribution >= 4 is 11.6 Å². The van der Waals surface area contributed by atoms with E-state index in [9.17, 15) is 28.1 Å². The molecule has 140 valence electrons. The summed E-state index contributed by atoms with van der Waals surface area (Å²) in [6, 6.07) is 8.03. The number of methoxy groups -OCH3 is 1. The largest absolute Gasteiger partial charge is 0.496 e. The molecule has 2 aromatic rings. The van der Waals surface area contributed by atoms with Crippen LogP contribution in [0.1, 0.15) is 21.5 Å².